The maximum absolute atomic E-state index is 5.64. The highest BCUT2D eigenvalue weighted by Crippen LogP contribution is 2.43. The van der Waals surface area contributed by atoms with E-state index in [0.29, 0.717) is 0 Å². The minimum Gasteiger partial charge on any atom is -0.309 e. The number of para-hydroxylation sites is 6. The molecule has 11 aromatic rings. The van der Waals surface area contributed by atoms with Gasteiger partial charge in [0.1, 0.15) is 0 Å². The van der Waals surface area contributed by atoms with Gasteiger partial charge in [0.15, 0.2) is 0 Å². The van der Waals surface area contributed by atoms with Crippen LogP contribution in [0.1, 0.15) is 0 Å². The summed E-state index contributed by atoms with van der Waals surface area (Å²) in [7, 11) is 0. The van der Waals surface area contributed by atoms with E-state index < -0.39 is 0 Å². The van der Waals surface area contributed by atoms with E-state index in [1.54, 1.807) is 0 Å². The Bertz CT molecular complexity index is 2960. The highest BCUT2D eigenvalue weighted by atomic mass is 32.1. The first kappa shape index (κ1) is 29.9. The fourth-order valence-corrected chi connectivity index (χ4v) is 9.26. The Morgan fingerprint density at radius 3 is 1.42 bits per heavy atom. The van der Waals surface area contributed by atoms with Crippen molar-refractivity contribution in [1.29, 1.82) is 0 Å². The predicted octanol–water partition coefficient (Wildman–Crippen LogP) is 13.5. The second kappa shape index (κ2) is 11.9. The predicted molar refractivity (Wildman–Crippen MR) is 225 cm³/mol. The molecule has 0 amide bonds. The van der Waals surface area contributed by atoms with E-state index in [4.69, 9.17) is 4.98 Å². The molecule has 0 bridgehead atoms. The molecule has 53 heavy (non-hydrogen) atoms. The molecule has 0 N–H and O–H groups in total. The summed E-state index contributed by atoms with van der Waals surface area (Å²) in [6.07, 6.45) is 0. The number of nitrogens with zero attached hydrogens (tertiary/aromatic N) is 3. The van der Waals surface area contributed by atoms with Crippen LogP contribution in [-0.4, -0.2) is 14.1 Å². The standard InChI is InChI=1S/C49H31N3S/c1-3-16-34(17-4-1)51-44-26-10-8-20-36(44)38-22-13-24-40(48(38)51)42-29-33(47-31-32-15-7-12-28-46(32)53-47)30-43(50-42)41-25-14-23-39-37-21-9-11-27-45(37)52(49(39)41)35-18-5-2-6-19-35/h1-31H. The van der Waals surface area contributed by atoms with Gasteiger partial charge in [0, 0.05) is 53.6 Å². The number of hydrogen-bond donors (Lipinski definition) is 0. The van der Waals surface area contributed by atoms with Crippen LogP contribution in [0.15, 0.2) is 188 Å². The van der Waals surface area contributed by atoms with Gasteiger partial charge in [0.25, 0.3) is 0 Å². The van der Waals surface area contributed by atoms with Gasteiger partial charge in [-0.1, -0.05) is 127 Å². The summed E-state index contributed by atoms with van der Waals surface area (Å²) in [5.41, 5.74) is 12.2. The monoisotopic (exact) mass is 693 g/mol. The van der Waals surface area contributed by atoms with Crippen LogP contribution in [0.2, 0.25) is 0 Å². The van der Waals surface area contributed by atoms with Crippen molar-refractivity contribution in [3.05, 3.63) is 188 Å². The highest BCUT2D eigenvalue weighted by Gasteiger charge is 2.21. The fraction of sp³-hybridized carbons (Fsp3) is 0. The molecule has 0 atom stereocenters. The highest BCUT2D eigenvalue weighted by molar-refractivity contribution is 7.22. The minimum absolute atomic E-state index is 0.944. The number of rotatable bonds is 5. The van der Waals surface area contributed by atoms with Gasteiger partial charge in [-0.25, -0.2) is 4.98 Å². The van der Waals surface area contributed by atoms with E-state index in [2.05, 4.69) is 197 Å². The van der Waals surface area contributed by atoms with Crippen LogP contribution in [0.5, 0.6) is 0 Å². The third-order valence-electron chi connectivity index (χ3n) is 10.5. The van der Waals surface area contributed by atoms with Gasteiger partial charge in [-0.3, -0.25) is 0 Å². The van der Waals surface area contributed by atoms with E-state index in [1.807, 2.05) is 11.3 Å². The summed E-state index contributed by atoms with van der Waals surface area (Å²) >= 11 is 1.83. The summed E-state index contributed by atoms with van der Waals surface area (Å²) in [6, 6.07) is 67.7. The number of fused-ring (bicyclic) bond motifs is 7. The molecule has 0 aliphatic carbocycles. The third kappa shape index (κ3) is 4.70. The molecule has 0 saturated heterocycles. The van der Waals surface area contributed by atoms with Gasteiger partial charge in [-0.2, -0.15) is 0 Å². The molecule has 3 nitrogen and oxygen atoms in total. The zero-order chi connectivity index (χ0) is 34.9. The van der Waals surface area contributed by atoms with Gasteiger partial charge in [-0.15, -0.1) is 11.3 Å². The molecule has 0 aliphatic heterocycles. The van der Waals surface area contributed by atoms with Gasteiger partial charge >= 0.3 is 0 Å². The molecule has 4 aromatic heterocycles. The number of benzene rings is 7. The first-order chi connectivity index (χ1) is 26.3. The maximum Gasteiger partial charge on any atom is 0.0737 e. The van der Waals surface area contributed by atoms with Crippen molar-refractivity contribution in [1.82, 2.24) is 14.1 Å². The Labute approximate surface area is 310 Å². The van der Waals surface area contributed by atoms with Crippen LogP contribution < -0.4 is 0 Å². The summed E-state index contributed by atoms with van der Waals surface area (Å²) in [4.78, 5) is 6.87. The average Bonchev–Trinajstić information content (AvgIpc) is 3.92. The average molecular weight is 694 g/mol. The number of hydrogen-bond acceptors (Lipinski definition) is 2. The van der Waals surface area contributed by atoms with Gasteiger partial charge in [-0.05, 0) is 71.6 Å². The van der Waals surface area contributed by atoms with Gasteiger partial charge in [0.2, 0.25) is 0 Å². The third-order valence-corrected chi connectivity index (χ3v) is 11.7. The first-order valence-corrected chi connectivity index (χ1v) is 18.8. The Morgan fingerprint density at radius 1 is 0.396 bits per heavy atom. The lowest BCUT2D eigenvalue weighted by atomic mass is 10.00. The van der Waals surface area contributed by atoms with Crippen molar-refractivity contribution in [3.8, 4) is 44.3 Å². The maximum atomic E-state index is 5.64. The van der Waals surface area contributed by atoms with E-state index in [-0.39, 0.29) is 0 Å². The van der Waals surface area contributed by atoms with Crippen LogP contribution in [-0.2, 0) is 0 Å². The van der Waals surface area contributed by atoms with Crippen LogP contribution in [0.3, 0.4) is 0 Å². The van der Waals surface area contributed by atoms with Crippen molar-refractivity contribution >= 4 is 65.0 Å². The normalized spacial score (nSPS) is 11.8. The van der Waals surface area contributed by atoms with Crippen molar-refractivity contribution in [2.24, 2.45) is 0 Å². The Morgan fingerprint density at radius 2 is 0.868 bits per heavy atom. The molecule has 0 spiro atoms. The molecule has 4 heterocycles. The summed E-state index contributed by atoms with van der Waals surface area (Å²) in [5.74, 6) is 0. The lowest BCUT2D eigenvalue weighted by molar-refractivity contribution is 1.17. The molecule has 0 aliphatic rings. The van der Waals surface area contributed by atoms with Crippen molar-refractivity contribution < 1.29 is 0 Å². The molecule has 0 radical (unpaired) electrons. The second-order valence-corrected chi connectivity index (χ2v) is 14.6. The zero-order valence-electron chi connectivity index (χ0n) is 28.6. The van der Waals surface area contributed by atoms with Crippen molar-refractivity contribution in [2.75, 3.05) is 0 Å². The van der Waals surface area contributed by atoms with Crippen LogP contribution in [0.4, 0.5) is 0 Å². The van der Waals surface area contributed by atoms with E-state index in [0.717, 1.165) is 50.5 Å². The lowest BCUT2D eigenvalue weighted by Crippen LogP contribution is -1.98. The molecule has 11 rings (SSSR count). The Kier molecular flexibility index (Phi) is 6.73. The molecular formula is C49H31N3S. The minimum atomic E-state index is 0.944. The summed E-state index contributed by atoms with van der Waals surface area (Å²) < 4.78 is 6.09. The summed E-state index contributed by atoms with van der Waals surface area (Å²) in [5, 5.41) is 6.13. The number of thiophene rings is 1. The topological polar surface area (TPSA) is 22.8 Å². The number of pyridine rings is 1. The molecule has 248 valence electrons. The Balaban J connectivity index is 1.25. The first-order valence-electron chi connectivity index (χ1n) is 18.0. The number of aromatic nitrogens is 3. The lowest BCUT2D eigenvalue weighted by Gasteiger charge is -2.15. The zero-order valence-corrected chi connectivity index (χ0v) is 29.5. The summed E-state index contributed by atoms with van der Waals surface area (Å²) in [6.45, 7) is 0. The van der Waals surface area contributed by atoms with E-state index in [1.165, 1.54) is 47.5 Å². The van der Waals surface area contributed by atoms with Crippen LogP contribution in [0, 0.1) is 0 Å². The SMILES string of the molecule is c1ccc(-n2c3ccccc3c3cccc(-c4cc(-c5cc6ccccc6s5)cc(-c5cccc6c7ccccc7n(-c7ccccc7)c56)n4)c32)cc1. The largest absolute Gasteiger partial charge is 0.309 e. The fourth-order valence-electron chi connectivity index (χ4n) is 8.21. The van der Waals surface area contributed by atoms with Gasteiger partial charge < -0.3 is 9.13 Å². The van der Waals surface area contributed by atoms with Crippen molar-refractivity contribution in [2.45, 2.75) is 0 Å². The second-order valence-electron chi connectivity index (χ2n) is 13.6. The molecular weight excluding hydrogens is 663 g/mol. The Hall–Kier alpha value is -6.75. The molecule has 0 fully saturated rings. The van der Waals surface area contributed by atoms with E-state index >= 15 is 0 Å². The smallest absolute Gasteiger partial charge is 0.0737 e. The van der Waals surface area contributed by atoms with Crippen LogP contribution in [0.25, 0.3) is 98.0 Å². The van der Waals surface area contributed by atoms with Gasteiger partial charge in [0.05, 0.1) is 33.5 Å². The molecule has 4 heteroatoms. The van der Waals surface area contributed by atoms with Crippen LogP contribution >= 0.6 is 11.3 Å². The van der Waals surface area contributed by atoms with E-state index in [9.17, 15) is 0 Å². The quantitative estimate of drug-likeness (QED) is 0.176. The molecule has 0 unspecified atom stereocenters. The molecule has 0 saturated carbocycles. The van der Waals surface area contributed by atoms with Crippen molar-refractivity contribution in [3.63, 3.8) is 0 Å². The molecule has 7 aromatic carbocycles.